The van der Waals surface area contributed by atoms with Crippen LogP contribution in [-0.4, -0.2) is 38.2 Å². The predicted molar refractivity (Wildman–Crippen MR) is 63.3 cm³/mol. The molecule has 5 nitrogen and oxygen atoms in total. The number of hydrogen-bond donors (Lipinski definition) is 2. The molecule has 1 aliphatic rings. The SMILES string of the molecule is Cn1ncnc1CC(CO)(CO)C1CCCC1. The third-order valence-electron chi connectivity index (χ3n) is 4.17. The van der Waals surface area contributed by atoms with Crippen molar-refractivity contribution in [3.8, 4) is 0 Å². The smallest absolute Gasteiger partial charge is 0.138 e. The van der Waals surface area contributed by atoms with Crippen LogP contribution in [0.15, 0.2) is 6.33 Å². The van der Waals surface area contributed by atoms with E-state index in [0.717, 1.165) is 18.7 Å². The number of hydrogen-bond acceptors (Lipinski definition) is 4. The molecule has 2 rings (SSSR count). The molecule has 0 radical (unpaired) electrons. The Kier molecular flexibility index (Phi) is 3.79. The van der Waals surface area contributed by atoms with Crippen LogP contribution in [-0.2, 0) is 13.5 Å². The molecule has 1 aliphatic carbocycles. The molecule has 2 N–H and O–H groups in total. The van der Waals surface area contributed by atoms with E-state index >= 15 is 0 Å². The van der Waals surface area contributed by atoms with Gasteiger partial charge in [0.1, 0.15) is 12.2 Å². The van der Waals surface area contributed by atoms with Gasteiger partial charge in [0.05, 0.1) is 13.2 Å². The van der Waals surface area contributed by atoms with Crippen LogP contribution in [0.2, 0.25) is 0 Å². The van der Waals surface area contributed by atoms with E-state index in [1.165, 1.54) is 19.2 Å². The highest BCUT2D eigenvalue weighted by molar-refractivity contribution is 4.98. The maximum Gasteiger partial charge on any atom is 0.138 e. The highest BCUT2D eigenvalue weighted by Gasteiger charge is 2.40. The molecular formula is C12H21N3O2. The van der Waals surface area contributed by atoms with E-state index in [4.69, 9.17) is 0 Å². The molecule has 0 saturated heterocycles. The summed E-state index contributed by atoms with van der Waals surface area (Å²) in [5.41, 5.74) is -0.433. The minimum Gasteiger partial charge on any atom is -0.396 e. The van der Waals surface area contributed by atoms with Gasteiger partial charge in [-0.15, -0.1) is 0 Å². The first-order valence-electron chi connectivity index (χ1n) is 6.26. The summed E-state index contributed by atoms with van der Waals surface area (Å²) in [4.78, 5) is 4.20. The average Bonchev–Trinajstić information content (AvgIpc) is 2.98. The fourth-order valence-corrected chi connectivity index (χ4v) is 2.90. The van der Waals surface area contributed by atoms with E-state index < -0.39 is 5.41 Å². The van der Waals surface area contributed by atoms with Gasteiger partial charge in [0.25, 0.3) is 0 Å². The van der Waals surface area contributed by atoms with Gasteiger partial charge in [-0.1, -0.05) is 12.8 Å². The average molecular weight is 239 g/mol. The number of nitrogens with zero attached hydrogens (tertiary/aromatic N) is 3. The summed E-state index contributed by atoms with van der Waals surface area (Å²) in [6, 6.07) is 0. The zero-order chi connectivity index (χ0) is 12.3. The van der Waals surface area contributed by atoms with Gasteiger partial charge in [-0.05, 0) is 18.8 Å². The van der Waals surface area contributed by atoms with Crippen molar-refractivity contribution in [3.05, 3.63) is 12.2 Å². The van der Waals surface area contributed by atoms with E-state index in [1.807, 2.05) is 7.05 Å². The van der Waals surface area contributed by atoms with Crippen molar-refractivity contribution in [2.75, 3.05) is 13.2 Å². The second-order valence-corrected chi connectivity index (χ2v) is 5.14. The highest BCUT2D eigenvalue weighted by atomic mass is 16.3. The highest BCUT2D eigenvalue weighted by Crippen LogP contribution is 2.41. The van der Waals surface area contributed by atoms with Crippen LogP contribution >= 0.6 is 0 Å². The van der Waals surface area contributed by atoms with Gasteiger partial charge in [0.2, 0.25) is 0 Å². The summed E-state index contributed by atoms with van der Waals surface area (Å²) < 4.78 is 1.72. The molecule has 1 aromatic heterocycles. The lowest BCUT2D eigenvalue weighted by Crippen LogP contribution is -2.39. The van der Waals surface area contributed by atoms with Crippen molar-refractivity contribution in [2.24, 2.45) is 18.4 Å². The molecule has 1 heterocycles. The monoisotopic (exact) mass is 239 g/mol. The van der Waals surface area contributed by atoms with Gasteiger partial charge < -0.3 is 10.2 Å². The van der Waals surface area contributed by atoms with E-state index in [0.29, 0.717) is 12.3 Å². The van der Waals surface area contributed by atoms with Crippen molar-refractivity contribution in [2.45, 2.75) is 32.1 Å². The van der Waals surface area contributed by atoms with Crippen LogP contribution in [0.5, 0.6) is 0 Å². The first-order valence-corrected chi connectivity index (χ1v) is 6.26. The fraction of sp³-hybridized carbons (Fsp3) is 0.833. The molecule has 0 bridgehead atoms. The third kappa shape index (κ3) is 2.35. The molecule has 0 atom stereocenters. The minimum absolute atomic E-state index is 0.0149. The maximum atomic E-state index is 9.71. The van der Waals surface area contributed by atoms with Gasteiger partial charge in [-0.25, -0.2) is 4.98 Å². The summed E-state index contributed by atoms with van der Waals surface area (Å²) in [5.74, 6) is 1.23. The summed E-state index contributed by atoms with van der Waals surface area (Å²) in [5, 5.41) is 23.5. The minimum atomic E-state index is -0.433. The first-order chi connectivity index (χ1) is 8.22. The molecule has 0 amide bonds. The Labute approximate surface area is 101 Å². The number of rotatable bonds is 5. The zero-order valence-electron chi connectivity index (χ0n) is 10.3. The van der Waals surface area contributed by atoms with Crippen molar-refractivity contribution in [1.29, 1.82) is 0 Å². The van der Waals surface area contributed by atoms with Gasteiger partial charge in [-0.2, -0.15) is 5.10 Å². The molecule has 17 heavy (non-hydrogen) atoms. The standard InChI is InChI=1S/C12H21N3O2/c1-15-11(13-9-14-15)6-12(7-16,8-17)10-4-2-3-5-10/h9-10,16-17H,2-8H2,1H3. The Balaban J connectivity index is 2.18. The molecule has 0 spiro atoms. The molecule has 1 aromatic rings. The number of aliphatic hydroxyl groups is 2. The zero-order valence-corrected chi connectivity index (χ0v) is 10.3. The Morgan fingerprint density at radius 1 is 1.35 bits per heavy atom. The predicted octanol–water partition coefficient (Wildman–Crippen LogP) is 0.519. The van der Waals surface area contributed by atoms with Crippen LogP contribution in [0.25, 0.3) is 0 Å². The van der Waals surface area contributed by atoms with Gasteiger partial charge in [0.15, 0.2) is 0 Å². The Morgan fingerprint density at radius 3 is 2.47 bits per heavy atom. The quantitative estimate of drug-likeness (QED) is 0.786. The lowest BCUT2D eigenvalue weighted by Gasteiger charge is -2.35. The Bertz CT molecular complexity index is 354. The summed E-state index contributed by atoms with van der Waals surface area (Å²) in [7, 11) is 1.84. The van der Waals surface area contributed by atoms with Crippen molar-refractivity contribution in [3.63, 3.8) is 0 Å². The lowest BCUT2D eigenvalue weighted by atomic mass is 9.73. The molecule has 0 aliphatic heterocycles. The Morgan fingerprint density at radius 2 is 2.00 bits per heavy atom. The van der Waals surface area contributed by atoms with Gasteiger partial charge in [0, 0.05) is 18.9 Å². The van der Waals surface area contributed by atoms with Crippen molar-refractivity contribution in [1.82, 2.24) is 14.8 Å². The maximum absolute atomic E-state index is 9.71. The third-order valence-corrected chi connectivity index (χ3v) is 4.17. The van der Waals surface area contributed by atoms with E-state index in [9.17, 15) is 10.2 Å². The Hall–Kier alpha value is -0.940. The summed E-state index contributed by atoms with van der Waals surface area (Å²) in [6.45, 7) is 0.0298. The lowest BCUT2D eigenvalue weighted by molar-refractivity contribution is 0.00356. The normalized spacial score (nSPS) is 17.8. The number of aryl methyl sites for hydroxylation is 1. The van der Waals surface area contributed by atoms with Crippen molar-refractivity contribution >= 4 is 0 Å². The van der Waals surface area contributed by atoms with E-state index in [2.05, 4.69) is 10.1 Å². The fourth-order valence-electron chi connectivity index (χ4n) is 2.90. The largest absolute Gasteiger partial charge is 0.396 e. The van der Waals surface area contributed by atoms with Crippen LogP contribution in [0.4, 0.5) is 0 Å². The molecule has 0 aromatic carbocycles. The van der Waals surface area contributed by atoms with Crippen LogP contribution < -0.4 is 0 Å². The van der Waals surface area contributed by atoms with Crippen LogP contribution in [0.1, 0.15) is 31.5 Å². The second kappa shape index (κ2) is 5.14. The summed E-state index contributed by atoms with van der Waals surface area (Å²) >= 11 is 0. The van der Waals surface area contributed by atoms with Crippen molar-refractivity contribution < 1.29 is 10.2 Å². The van der Waals surface area contributed by atoms with Gasteiger partial charge in [-0.3, -0.25) is 4.68 Å². The number of aromatic nitrogens is 3. The van der Waals surface area contributed by atoms with Crippen LogP contribution in [0, 0.1) is 11.3 Å². The molecule has 96 valence electrons. The van der Waals surface area contributed by atoms with Gasteiger partial charge >= 0.3 is 0 Å². The first kappa shape index (κ1) is 12.5. The second-order valence-electron chi connectivity index (χ2n) is 5.14. The molecule has 5 heteroatoms. The topological polar surface area (TPSA) is 71.2 Å². The molecule has 1 fully saturated rings. The molecule has 1 saturated carbocycles. The summed E-state index contributed by atoms with van der Waals surface area (Å²) in [6.07, 6.45) is 6.71. The van der Waals surface area contributed by atoms with Crippen LogP contribution in [0.3, 0.4) is 0 Å². The van der Waals surface area contributed by atoms with E-state index in [1.54, 1.807) is 4.68 Å². The molecular weight excluding hydrogens is 218 g/mol. The van der Waals surface area contributed by atoms with E-state index in [-0.39, 0.29) is 13.2 Å². The number of aliphatic hydroxyl groups excluding tert-OH is 2. The molecule has 0 unspecified atom stereocenters.